The SMILES string of the molecule is CNC1CCN(c2ccc(Cl)c(Br)c2)CC1C. The second-order valence-electron chi connectivity index (χ2n) is 4.71. The Hall–Kier alpha value is -0.250. The van der Waals surface area contributed by atoms with Crippen molar-refractivity contribution in [2.45, 2.75) is 19.4 Å². The fourth-order valence-electron chi connectivity index (χ4n) is 2.49. The number of nitrogens with zero attached hydrogens (tertiary/aromatic N) is 1. The lowest BCUT2D eigenvalue weighted by atomic mass is 9.93. The third-order valence-corrected chi connectivity index (χ3v) is 4.76. The third-order valence-electron chi connectivity index (χ3n) is 3.54. The van der Waals surface area contributed by atoms with Crippen LogP contribution in [-0.4, -0.2) is 26.2 Å². The van der Waals surface area contributed by atoms with Crippen LogP contribution < -0.4 is 10.2 Å². The van der Waals surface area contributed by atoms with Gasteiger partial charge in [-0.05, 0) is 53.5 Å². The number of benzene rings is 1. The molecule has 1 aliphatic rings. The summed E-state index contributed by atoms with van der Waals surface area (Å²) in [6, 6.07) is 6.80. The molecule has 1 aromatic carbocycles. The van der Waals surface area contributed by atoms with Crippen molar-refractivity contribution >= 4 is 33.2 Å². The summed E-state index contributed by atoms with van der Waals surface area (Å²) in [6.45, 7) is 4.50. The number of hydrogen-bond acceptors (Lipinski definition) is 2. The quantitative estimate of drug-likeness (QED) is 0.897. The van der Waals surface area contributed by atoms with E-state index in [1.165, 1.54) is 12.1 Å². The molecule has 2 rings (SSSR count). The van der Waals surface area contributed by atoms with Gasteiger partial charge in [0.1, 0.15) is 0 Å². The van der Waals surface area contributed by atoms with Gasteiger partial charge in [0, 0.05) is 29.3 Å². The van der Waals surface area contributed by atoms with E-state index < -0.39 is 0 Å². The molecule has 1 saturated heterocycles. The summed E-state index contributed by atoms with van der Waals surface area (Å²) in [4.78, 5) is 2.43. The lowest BCUT2D eigenvalue weighted by Crippen LogP contribution is -2.47. The number of halogens is 2. The van der Waals surface area contributed by atoms with Crippen molar-refractivity contribution in [3.05, 3.63) is 27.7 Å². The summed E-state index contributed by atoms with van der Waals surface area (Å²) in [5, 5.41) is 4.16. The molecule has 0 amide bonds. The number of nitrogens with one attached hydrogen (secondary N) is 1. The molecular formula is C13H18BrClN2. The molecule has 0 saturated carbocycles. The average Bonchev–Trinajstić information content (AvgIpc) is 2.32. The van der Waals surface area contributed by atoms with E-state index in [9.17, 15) is 0 Å². The zero-order valence-electron chi connectivity index (χ0n) is 10.2. The van der Waals surface area contributed by atoms with Crippen molar-refractivity contribution in [2.24, 2.45) is 5.92 Å². The summed E-state index contributed by atoms with van der Waals surface area (Å²) in [5.41, 5.74) is 1.25. The average molecular weight is 318 g/mol. The fourth-order valence-corrected chi connectivity index (χ4v) is 2.97. The summed E-state index contributed by atoms with van der Waals surface area (Å²) >= 11 is 9.50. The molecule has 1 N–H and O–H groups in total. The van der Waals surface area contributed by atoms with Gasteiger partial charge < -0.3 is 10.2 Å². The van der Waals surface area contributed by atoms with Crippen molar-refractivity contribution < 1.29 is 0 Å². The first-order valence-corrected chi connectivity index (χ1v) is 7.16. The second-order valence-corrected chi connectivity index (χ2v) is 5.97. The van der Waals surface area contributed by atoms with Gasteiger partial charge in [0.05, 0.1) is 5.02 Å². The summed E-state index contributed by atoms with van der Waals surface area (Å²) in [7, 11) is 2.05. The van der Waals surface area contributed by atoms with Crippen molar-refractivity contribution in [3.8, 4) is 0 Å². The minimum absolute atomic E-state index is 0.641. The van der Waals surface area contributed by atoms with Crippen molar-refractivity contribution in [1.29, 1.82) is 0 Å². The van der Waals surface area contributed by atoms with Crippen LogP contribution in [0.5, 0.6) is 0 Å². The second kappa shape index (κ2) is 5.59. The van der Waals surface area contributed by atoms with Crippen LogP contribution in [0.15, 0.2) is 22.7 Å². The Morgan fingerprint density at radius 3 is 2.82 bits per heavy atom. The van der Waals surface area contributed by atoms with Crippen LogP contribution in [-0.2, 0) is 0 Å². The molecule has 4 heteroatoms. The van der Waals surface area contributed by atoms with Crippen molar-refractivity contribution in [1.82, 2.24) is 5.32 Å². The molecule has 1 aromatic rings. The molecule has 1 heterocycles. The molecular weight excluding hydrogens is 300 g/mol. The van der Waals surface area contributed by atoms with Crippen LogP contribution in [0.3, 0.4) is 0 Å². The van der Waals surface area contributed by atoms with Gasteiger partial charge in [-0.1, -0.05) is 18.5 Å². The minimum atomic E-state index is 0.641. The van der Waals surface area contributed by atoms with Crippen molar-refractivity contribution in [3.63, 3.8) is 0 Å². The maximum absolute atomic E-state index is 6.02. The van der Waals surface area contributed by atoms with Crippen LogP contribution >= 0.6 is 27.5 Å². The molecule has 0 radical (unpaired) electrons. The van der Waals surface area contributed by atoms with Gasteiger partial charge in [0.2, 0.25) is 0 Å². The Kier molecular flexibility index (Phi) is 4.34. The molecule has 17 heavy (non-hydrogen) atoms. The third kappa shape index (κ3) is 2.95. The molecule has 0 aromatic heterocycles. The molecule has 2 unspecified atom stereocenters. The largest absolute Gasteiger partial charge is 0.371 e. The van der Waals surface area contributed by atoms with E-state index in [2.05, 4.69) is 52.3 Å². The lowest BCUT2D eigenvalue weighted by molar-refractivity contribution is 0.339. The first-order valence-electron chi connectivity index (χ1n) is 5.99. The highest BCUT2D eigenvalue weighted by molar-refractivity contribution is 9.10. The number of rotatable bonds is 2. The molecule has 94 valence electrons. The molecule has 2 nitrogen and oxygen atoms in total. The predicted octanol–water partition coefficient (Wildman–Crippen LogP) is 3.54. The topological polar surface area (TPSA) is 15.3 Å². The Morgan fingerprint density at radius 1 is 1.47 bits per heavy atom. The number of hydrogen-bond donors (Lipinski definition) is 1. The van der Waals surface area contributed by atoms with Gasteiger partial charge in [-0.15, -0.1) is 0 Å². The highest BCUT2D eigenvalue weighted by Gasteiger charge is 2.24. The van der Waals surface area contributed by atoms with Gasteiger partial charge in [-0.3, -0.25) is 0 Å². The molecule has 1 fully saturated rings. The van der Waals surface area contributed by atoms with Crippen LogP contribution in [0, 0.1) is 5.92 Å². The smallest absolute Gasteiger partial charge is 0.0549 e. The Labute approximate surface area is 116 Å². The van der Waals surface area contributed by atoms with Gasteiger partial charge in [-0.25, -0.2) is 0 Å². The fraction of sp³-hybridized carbons (Fsp3) is 0.538. The predicted molar refractivity (Wildman–Crippen MR) is 78.0 cm³/mol. The maximum Gasteiger partial charge on any atom is 0.0549 e. The summed E-state index contributed by atoms with van der Waals surface area (Å²) < 4.78 is 0.972. The first-order chi connectivity index (χ1) is 8.11. The Morgan fingerprint density at radius 2 is 2.24 bits per heavy atom. The van der Waals surface area contributed by atoms with Gasteiger partial charge in [0.15, 0.2) is 0 Å². The minimum Gasteiger partial charge on any atom is -0.371 e. The zero-order valence-corrected chi connectivity index (χ0v) is 12.6. The van der Waals surface area contributed by atoms with Gasteiger partial charge in [-0.2, -0.15) is 0 Å². The van der Waals surface area contributed by atoms with Crippen LogP contribution in [0.25, 0.3) is 0 Å². The molecule has 0 spiro atoms. The Bertz CT molecular complexity index is 397. The highest BCUT2D eigenvalue weighted by atomic mass is 79.9. The lowest BCUT2D eigenvalue weighted by Gasteiger charge is -2.38. The first kappa shape index (κ1) is 13.2. The van der Waals surface area contributed by atoms with E-state index >= 15 is 0 Å². The number of piperidine rings is 1. The van der Waals surface area contributed by atoms with Crippen molar-refractivity contribution in [2.75, 3.05) is 25.0 Å². The molecule has 2 atom stereocenters. The molecule has 1 aliphatic heterocycles. The monoisotopic (exact) mass is 316 g/mol. The van der Waals surface area contributed by atoms with Crippen LogP contribution in [0.1, 0.15) is 13.3 Å². The van der Waals surface area contributed by atoms with E-state index in [-0.39, 0.29) is 0 Å². The number of anilines is 1. The summed E-state index contributed by atoms with van der Waals surface area (Å²) in [5.74, 6) is 0.670. The molecule has 0 aliphatic carbocycles. The van der Waals surface area contributed by atoms with Gasteiger partial charge >= 0.3 is 0 Å². The maximum atomic E-state index is 6.02. The van der Waals surface area contributed by atoms with E-state index in [1.54, 1.807) is 0 Å². The van der Waals surface area contributed by atoms with Crippen LogP contribution in [0.2, 0.25) is 5.02 Å². The Balaban J connectivity index is 2.11. The van der Waals surface area contributed by atoms with E-state index in [0.29, 0.717) is 12.0 Å². The standard InChI is InChI=1S/C13H18BrClN2/c1-9-8-17(6-5-13(9)16-2)10-3-4-12(15)11(14)7-10/h3-4,7,9,13,16H,5-6,8H2,1-2H3. The van der Waals surface area contributed by atoms with Crippen LogP contribution in [0.4, 0.5) is 5.69 Å². The van der Waals surface area contributed by atoms with E-state index in [0.717, 1.165) is 22.6 Å². The van der Waals surface area contributed by atoms with E-state index in [4.69, 9.17) is 11.6 Å². The normalized spacial score (nSPS) is 25.1. The summed E-state index contributed by atoms with van der Waals surface area (Å²) in [6.07, 6.45) is 1.19. The van der Waals surface area contributed by atoms with E-state index in [1.807, 2.05) is 6.07 Å². The zero-order chi connectivity index (χ0) is 12.4. The highest BCUT2D eigenvalue weighted by Crippen LogP contribution is 2.30. The van der Waals surface area contributed by atoms with Gasteiger partial charge in [0.25, 0.3) is 0 Å². The molecule has 0 bridgehead atoms.